The minimum absolute atomic E-state index is 0.0673. The fourth-order valence-corrected chi connectivity index (χ4v) is 1.75. The molecule has 0 bridgehead atoms. The number of halogens is 1. The van der Waals surface area contributed by atoms with Crippen LogP contribution < -0.4 is 10.1 Å². The van der Waals surface area contributed by atoms with Crippen LogP contribution in [0.2, 0.25) is 0 Å². The number of aryl methyl sites for hydroxylation is 1. The summed E-state index contributed by atoms with van der Waals surface area (Å²) < 4.78 is 23.5. The summed E-state index contributed by atoms with van der Waals surface area (Å²) in [5.41, 5.74) is -0.146. The molecule has 0 saturated carbocycles. The van der Waals surface area contributed by atoms with Crippen molar-refractivity contribution >= 4 is 5.97 Å². The molecule has 1 atom stereocenters. The Bertz CT molecular complexity index is 450. The normalized spacial score (nSPS) is 13.7. The van der Waals surface area contributed by atoms with Crippen LogP contribution >= 0.6 is 0 Å². The van der Waals surface area contributed by atoms with Crippen molar-refractivity contribution in [3.05, 3.63) is 29.6 Å². The van der Waals surface area contributed by atoms with Gasteiger partial charge >= 0.3 is 5.97 Å². The Labute approximate surface area is 112 Å². The van der Waals surface area contributed by atoms with Crippen LogP contribution in [-0.4, -0.2) is 31.8 Å². The zero-order valence-corrected chi connectivity index (χ0v) is 11.7. The molecule has 106 valence electrons. The molecule has 5 heteroatoms. The summed E-state index contributed by atoms with van der Waals surface area (Å²) in [6.07, 6.45) is 0. The van der Waals surface area contributed by atoms with Gasteiger partial charge < -0.3 is 9.47 Å². The number of likely N-dealkylation sites (N-methyl/N-ethyl adjacent to an activating group) is 1. The second kappa shape index (κ2) is 6.52. The number of methoxy groups -OCH3 is 1. The minimum atomic E-state index is -0.956. The number of hydrogen-bond acceptors (Lipinski definition) is 4. The van der Waals surface area contributed by atoms with Crippen LogP contribution in [0.5, 0.6) is 5.75 Å². The average Bonchev–Trinajstić information content (AvgIpc) is 2.39. The van der Waals surface area contributed by atoms with E-state index in [0.717, 1.165) is 5.56 Å². The molecular weight excluding hydrogens is 249 g/mol. The third kappa shape index (κ3) is 3.92. The first-order chi connectivity index (χ1) is 8.92. The molecule has 0 heterocycles. The molecule has 1 unspecified atom stereocenters. The van der Waals surface area contributed by atoms with Crippen LogP contribution in [0.25, 0.3) is 0 Å². The van der Waals surface area contributed by atoms with Crippen LogP contribution in [0.4, 0.5) is 4.39 Å². The summed E-state index contributed by atoms with van der Waals surface area (Å²) in [7, 11) is 1.32. The Morgan fingerprint density at radius 3 is 2.74 bits per heavy atom. The van der Waals surface area contributed by atoms with Gasteiger partial charge in [-0.3, -0.25) is 5.32 Å². The minimum Gasteiger partial charge on any atom is -0.491 e. The van der Waals surface area contributed by atoms with Crippen molar-refractivity contribution in [1.29, 1.82) is 0 Å². The highest BCUT2D eigenvalue weighted by molar-refractivity contribution is 5.80. The number of benzene rings is 1. The third-order valence-electron chi connectivity index (χ3n) is 2.87. The quantitative estimate of drug-likeness (QED) is 0.803. The summed E-state index contributed by atoms with van der Waals surface area (Å²) in [6.45, 7) is 6.05. The Morgan fingerprint density at radius 2 is 2.16 bits per heavy atom. The summed E-state index contributed by atoms with van der Waals surface area (Å²) in [6, 6.07) is 4.30. The van der Waals surface area contributed by atoms with Crippen molar-refractivity contribution in [1.82, 2.24) is 5.32 Å². The lowest BCUT2D eigenvalue weighted by atomic mass is 10.0. The standard InChI is InChI=1S/C14H20FNO3/c1-5-16-14(3,13(17)18-4)9-19-12-8-11(15)7-6-10(12)2/h6-8,16H,5,9H2,1-4H3. The second-order valence-corrected chi connectivity index (χ2v) is 4.55. The summed E-state index contributed by atoms with van der Waals surface area (Å²) in [5, 5.41) is 3.02. The molecule has 1 aromatic rings. The van der Waals surface area contributed by atoms with Gasteiger partial charge in [0.15, 0.2) is 0 Å². The first kappa shape index (κ1) is 15.4. The molecule has 0 spiro atoms. The second-order valence-electron chi connectivity index (χ2n) is 4.55. The number of hydrogen-bond donors (Lipinski definition) is 1. The average molecular weight is 269 g/mol. The van der Waals surface area contributed by atoms with E-state index in [-0.39, 0.29) is 12.4 Å². The SMILES string of the molecule is CCNC(C)(COc1cc(F)ccc1C)C(=O)OC. The van der Waals surface area contributed by atoms with E-state index in [2.05, 4.69) is 5.32 Å². The molecular formula is C14H20FNO3. The van der Waals surface area contributed by atoms with Crippen molar-refractivity contribution in [2.75, 3.05) is 20.3 Å². The van der Waals surface area contributed by atoms with Gasteiger partial charge in [-0.15, -0.1) is 0 Å². The van der Waals surface area contributed by atoms with Crippen LogP contribution in [-0.2, 0) is 9.53 Å². The molecule has 1 rings (SSSR count). The van der Waals surface area contributed by atoms with E-state index in [1.807, 2.05) is 13.8 Å². The Hall–Kier alpha value is -1.62. The fraction of sp³-hybridized carbons (Fsp3) is 0.500. The summed E-state index contributed by atoms with van der Waals surface area (Å²) >= 11 is 0. The largest absolute Gasteiger partial charge is 0.491 e. The Morgan fingerprint density at radius 1 is 1.47 bits per heavy atom. The molecule has 0 saturated heterocycles. The van der Waals surface area contributed by atoms with Crippen molar-refractivity contribution in [2.24, 2.45) is 0 Å². The maximum atomic E-state index is 13.2. The maximum absolute atomic E-state index is 13.2. The molecule has 0 fully saturated rings. The molecule has 0 aliphatic heterocycles. The van der Waals surface area contributed by atoms with Crippen LogP contribution in [0.1, 0.15) is 19.4 Å². The number of rotatable bonds is 6. The van der Waals surface area contributed by atoms with E-state index < -0.39 is 11.5 Å². The molecule has 19 heavy (non-hydrogen) atoms. The zero-order valence-electron chi connectivity index (χ0n) is 11.7. The number of nitrogens with one attached hydrogen (secondary N) is 1. The fourth-order valence-electron chi connectivity index (χ4n) is 1.75. The van der Waals surface area contributed by atoms with Gasteiger partial charge in [0.1, 0.15) is 23.7 Å². The van der Waals surface area contributed by atoms with Gasteiger partial charge in [0.05, 0.1) is 7.11 Å². The number of ether oxygens (including phenoxy) is 2. The highest BCUT2D eigenvalue weighted by Crippen LogP contribution is 2.20. The lowest BCUT2D eigenvalue weighted by molar-refractivity contribution is -0.149. The highest BCUT2D eigenvalue weighted by atomic mass is 19.1. The smallest absolute Gasteiger partial charge is 0.329 e. The molecule has 0 aromatic heterocycles. The lowest BCUT2D eigenvalue weighted by Crippen LogP contribution is -2.54. The van der Waals surface area contributed by atoms with Gasteiger partial charge in [0, 0.05) is 6.07 Å². The summed E-state index contributed by atoms with van der Waals surface area (Å²) in [4.78, 5) is 11.8. The Kier molecular flexibility index (Phi) is 5.30. The third-order valence-corrected chi connectivity index (χ3v) is 2.87. The zero-order chi connectivity index (χ0) is 14.5. The van der Waals surface area contributed by atoms with Crippen LogP contribution in [0, 0.1) is 12.7 Å². The van der Waals surface area contributed by atoms with Crippen LogP contribution in [0.3, 0.4) is 0 Å². The molecule has 0 radical (unpaired) electrons. The predicted molar refractivity (Wildman–Crippen MR) is 70.7 cm³/mol. The van der Waals surface area contributed by atoms with E-state index in [4.69, 9.17) is 9.47 Å². The van der Waals surface area contributed by atoms with E-state index in [0.29, 0.717) is 12.3 Å². The molecule has 0 aliphatic carbocycles. The summed E-state index contributed by atoms with van der Waals surface area (Å²) in [5.74, 6) is -0.361. The van der Waals surface area contributed by atoms with E-state index >= 15 is 0 Å². The monoisotopic (exact) mass is 269 g/mol. The Balaban J connectivity index is 2.81. The molecule has 0 amide bonds. The maximum Gasteiger partial charge on any atom is 0.329 e. The van der Waals surface area contributed by atoms with Gasteiger partial charge in [-0.2, -0.15) is 0 Å². The number of esters is 1. The topological polar surface area (TPSA) is 47.6 Å². The van der Waals surface area contributed by atoms with Gasteiger partial charge in [0.25, 0.3) is 0 Å². The van der Waals surface area contributed by atoms with E-state index in [1.54, 1.807) is 13.0 Å². The van der Waals surface area contributed by atoms with Crippen LogP contribution in [0.15, 0.2) is 18.2 Å². The van der Waals surface area contributed by atoms with Crippen molar-refractivity contribution in [2.45, 2.75) is 26.3 Å². The molecule has 0 aliphatic rings. The first-order valence-electron chi connectivity index (χ1n) is 6.15. The number of carbonyl (C=O) groups excluding carboxylic acids is 1. The van der Waals surface area contributed by atoms with Gasteiger partial charge in [-0.05, 0) is 32.0 Å². The molecule has 4 nitrogen and oxygen atoms in total. The predicted octanol–water partition coefficient (Wildman–Crippen LogP) is 2.05. The highest BCUT2D eigenvalue weighted by Gasteiger charge is 2.34. The van der Waals surface area contributed by atoms with Gasteiger partial charge in [0.2, 0.25) is 0 Å². The van der Waals surface area contributed by atoms with Gasteiger partial charge in [-0.1, -0.05) is 13.0 Å². The first-order valence-corrected chi connectivity index (χ1v) is 6.15. The van der Waals surface area contributed by atoms with E-state index in [9.17, 15) is 9.18 Å². The van der Waals surface area contributed by atoms with Crippen molar-refractivity contribution < 1.29 is 18.7 Å². The van der Waals surface area contributed by atoms with Gasteiger partial charge in [-0.25, -0.2) is 9.18 Å². The molecule has 1 N–H and O–H groups in total. The van der Waals surface area contributed by atoms with E-state index in [1.165, 1.54) is 19.2 Å². The molecule has 1 aromatic carbocycles. The lowest BCUT2D eigenvalue weighted by Gasteiger charge is -2.27. The van der Waals surface area contributed by atoms with Crippen molar-refractivity contribution in [3.63, 3.8) is 0 Å². The van der Waals surface area contributed by atoms with Crippen molar-refractivity contribution in [3.8, 4) is 5.75 Å². The number of carbonyl (C=O) groups is 1.